The van der Waals surface area contributed by atoms with E-state index in [0.717, 1.165) is 16.7 Å². The van der Waals surface area contributed by atoms with Gasteiger partial charge in [-0.1, -0.05) is 59.8 Å². The summed E-state index contributed by atoms with van der Waals surface area (Å²) in [4.78, 5) is 16.4. The number of nitrogens with two attached hydrogens (primary N) is 1. The quantitative estimate of drug-likeness (QED) is 0.906. The molecule has 1 unspecified atom stereocenters. The van der Waals surface area contributed by atoms with Gasteiger partial charge >= 0.3 is 5.97 Å². The van der Waals surface area contributed by atoms with E-state index in [-0.39, 0.29) is 13.0 Å². The summed E-state index contributed by atoms with van der Waals surface area (Å²) in [5.41, 5.74) is 7.76. The van der Waals surface area contributed by atoms with Crippen molar-refractivity contribution in [1.29, 1.82) is 0 Å². The molecular weight excluding hydrogens is 280 g/mol. The molecule has 2 aromatic rings. The van der Waals surface area contributed by atoms with Crippen LogP contribution in [0.25, 0.3) is 11.1 Å². The summed E-state index contributed by atoms with van der Waals surface area (Å²) in [6.07, 6.45) is 0.170. The van der Waals surface area contributed by atoms with E-state index in [1.165, 1.54) is 0 Å². The molecule has 1 atom stereocenters. The lowest BCUT2D eigenvalue weighted by Crippen LogP contribution is -2.45. The molecule has 1 aliphatic heterocycles. The summed E-state index contributed by atoms with van der Waals surface area (Å²) in [5, 5.41) is 13.2. The summed E-state index contributed by atoms with van der Waals surface area (Å²) in [5.74, 6) is -1.09. The first-order valence-corrected chi connectivity index (χ1v) is 6.99. The largest absolute Gasteiger partial charge is 0.478 e. The van der Waals surface area contributed by atoms with Crippen LogP contribution in [0.5, 0.6) is 0 Å². The molecule has 0 amide bonds. The zero-order valence-electron chi connectivity index (χ0n) is 11.9. The van der Waals surface area contributed by atoms with Gasteiger partial charge in [-0.15, -0.1) is 0 Å². The van der Waals surface area contributed by atoms with Gasteiger partial charge in [-0.2, -0.15) is 0 Å². The van der Waals surface area contributed by atoms with E-state index in [9.17, 15) is 9.90 Å². The Morgan fingerprint density at radius 2 is 1.68 bits per heavy atom. The van der Waals surface area contributed by atoms with Crippen LogP contribution in [0.3, 0.4) is 0 Å². The molecular formula is C17H16N2O3. The van der Waals surface area contributed by atoms with Crippen LogP contribution in [0.1, 0.15) is 12.0 Å². The molecule has 0 fully saturated rings. The van der Waals surface area contributed by atoms with Gasteiger partial charge in [-0.05, 0) is 16.7 Å². The van der Waals surface area contributed by atoms with Crippen molar-refractivity contribution in [2.24, 2.45) is 10.9 Å². The number of hydrogen-bond acceptors (Lipinski definition) is 4. The van der Waals surface area contributed by atoms with Crippen molar-refractivity contribution in [1.82, 2.24) is 0 Å². The summed E-state index contributed by atoms with van der Waals surface area (Å²) in [7, 11) is 0. The zero-order valence-corrected chi connectivity index (χ0v) is 11.9. The lowest BCUT2D eigenvalue weighted by molar-refractivity contribution is -0.161. The van der Waals surface area contributed by atoms with Crippen LogP contribution in [0.2, 0.25) is 0 Å². The topological polar surface area (TPSA) is 84.9 Å². The number of carboxylic acid groups (broad SMARTS) is 1. The minimum Gasteiger partial charge on any atom is -0.478 e. The number of rotatable bonds is 4. The Hall–Kier alpha value is -2.66. The summed E-state index contributed by atoms with van der Waals surface area (Å²) in [6.45, 7) is -0.114. The molecule has 1 heterocycles. The van der Waals surface area contributed by atoms with E-state index in [0.29, 0.717) is 5.71 Å². The minimum atomic E-state index is -1.44. The van der Waals surface area contributed by atoms with Crippen LogP contribution >= 0.6 is 0 Å². The maximum atomic E-state index is 11.3. The molecule has 0 saturated carbocycles. The highest BCUT2D eigenvalue weighted by molar-refractivity contribution is 6.04. The van der Waals surface area contributed by atoms with E-state index < -0.39 is 11.6 Å². The highest BCUT2D eigenvalue weighted by Crippen LogP contribution is 2.27. The average Bonchev–Trinajstić information content (AvgIpc) is 3.02. The highest BCUT2D eigenvalue weighted by Gasteiger charge is 2.46. The monoisotopic (exact) mass is 296 g/mol. The van der Waals surface area contributed by atoms with Crippen molar-refractivity contribution in [2.45, 2.75) is 12.0 Å². The first-order valence-electron chi connectivity index (χ1n) is 6.99. The average molecular weight is 296 g/mol. The van der Waals surface area contributed by atoms with Crippen molar-refractivity contribution in [2.75, 3.05) is 6.54 Å². The Balaban J connectivity index is 1.82. The van der Waals surface area contributed by atoms with E-state index in [2.05, 4.69) is 5.16 Å². The Kier molecular flexibility index (Phi) is 3.65. The fourth-order valence-corrected chi connectivity index (χ4v) is 2.43. The molecule has 112 valence electrons. The van der Waals surface area contributed by atoms with E-state index in [1.54, 1.807) is 0 Å². The second-order valence-electron chi connectivity index (χ2n) is 5.25. The number of oxime groups is 1. The van der Waals surface area contributed by atoms with Gasteiger partial charge in [-0.3, -0.25) is 0 Å². The van der Waals surface area contributed by atoms with Crippen molar-refractivity contribution in [3.8, 4) is 11.1 Å². The van der Waals surface area contributed by atoms with Crippen molar-refractivity contribution in [3.05, 3.63) is 60.2 Å². The van der Waals surface area contributed by atoms with Gasteiger partial charge in [0.1, 0.15) is 0 Å². The smallest absolute Gasteiger partial charge is 0.352 e. The molecule has 5 nitrogen and oxygen atoms in total. The number of benzene rings is 2. The van der Waals surface area contributed by atoms with Crippen LogP contribution in [0, 0.1) is 0 Å². The fraction of sp³-hybridized carbons (Fsp3) is 0.176. The number of carbonyl (C=O) groups is 1. The molecule has 0 spiro atoms. The Morgan fingerprint density at radius 1 is 1.09 bits per heavy atom. The molecule has 22 heavy (non-hydrogen) atoms. The predicted molar refractivity (Wildman–Crippen MR) is 83.5 cm³/mol. The standard InChI is InChI=1S/C17H16N2O3/c18-11-17(16(20)21)10-15(19-22-17)14-8-6-13(7-9-14)12-4-2-1-3-5-12/h1-9H,10-11,18H2,(H,20,21). The maximum Gasteiger partial charge on any atom is 0.352 e. The molecule has 3 rings (SSSR count). The predicted octanol–water partition coefficient (Wildman–Crippen LogP) is 2.26. The molecule has 2 aromatic carbocycles. The molecule has 0 bridgehead atoms. The number of aliphatic carboxylic acids is 1. The van der Waals surface area contributed by atoms with Crippen LogP contribution in [0.15, 0.2) is 59.8 Å². The first-order chi connectivity index (χ1) is 10.6. The summed E-state index contributed by atoms with van der Waals surface area (Å²) in [6, 6.07) is 17.8. The lowest BCUT2D eigenvalue weighted by Gasteiger charge is -2.18. The van der Waals surface area contributed by atoms with Gasteiger partial charge in [0, 0.05) is 13.0 Å². The molecule has 3 N–H and O–H groups in total. The summed E-state index contributed by atoms with van der Waals surface area (Å²) >= 11 is 0. The Bertz CT molecular complexity index is 710. The molecule has 1 aliphatic rings. The van der Waals surface area contributed by atoms with Crippen LogP contribution < -0.4 is 5.73 Å². The van der Waals surface area contributed by atoms with Crippen LogP contribution in [0.4, 0.5) is 0 Å². The first kappa shape index (κ1) is 14.3. The minimum absolute atomic E-state index is 0.114. The van der Waals surface area contributed by atoms with E-state index in [1.807, 2.05) is 54.6 Å². The van der Waals surface area contributed by atoms with E-state index in [4.69, 9.17) is 10.6 Å². The second kappa shape index (κ2) is 5.61. The number of hydrogen-bond donors (Lipinski definition) is 2. The molecule has 0 radical (unpaired) electrons. The molecule has 0 aliphatic carbocycles. The van der Waals surface area contributed by atoms with Gasteiger partial charge in [0.2, 0.25) is 0 Å². The highest BCUT2D eigenvalue weighted by atomic mass is 16.7. The third-order valence-electron chi connectivity index (χ3n) is 3.83. The van der Waals surface area contributed by atoms with Crippen LogP contribution in [-0.2, 0) is 9.63 Å². The maximum absolute atomic E-state index is 11.3. The van der Waals surface area contributed by atoms with Crippen molar-refractivity contribution in [3.63, 3.8) is 0 Å². The van der Waals surface area contributed by atoms with Crippen molar-refractivity contribution < 1.29 is 14.7 Å². The van der Waals surface area contributed by atoms with Crippen LogP contribution in [-0.4, -0.2) is 28.9 Å². The van der Waals surface area contributed by atoms with Gasteiger partial charge in [0.05, 0.1) is 5.71 Å². The SMILES string of the molecule is NCC1(C(=O)O)CC(c2ccc(-c3ccccc3)cc2)=NO1. The normalized spacial score (nSPS) is 20.3. The van der Waals surface area contributed by atoms with Gasteiger partial charge < -0.3 is 15.7 Å². The second-order valence-corrected chi connectivity index (χ2v) is 5.25. The molecule has 0 aromatic heterocycles. The molecule has 0 saturated heterocycles. The number of carboxylic acids is 1. The third kappa shape index (κ3) is 2.46. The third-order valence-corrected chi connectivity index (χ3v) is 3.83. The Labute approximate surface area is 128 Å². The van der Waals surface area contributed by atoms with Gasteiger partial charge in [0.15, 0.2) is 0 Å². The zero-order chi connectivity index (χ0) is 15.6. The Morgan fingerprint density at radius 3 is 2.23 bits per heavy atom. The van der Waals surface area contributed by atoms with E-state index >= 15 is 0 Å². The van der Waals surface area contributed by atoms with Gasteiger partial charge in [0.25, 0.3) is 5.60 Å². The lowest BCUT2D eigenvalue weighted by atomic mass is 9.93. The summed E-state index contributed by atoms with van der Waals surface area (Å²) < 4.78 is 0. The molecule has 5 heteroatoms. The van der Waals surface area contributed by atoms with Gasteiger partial charge in [-0.25, -0.2) is 4.79 Å². The fourth-order valence-electron chi connectivity index (χ4n) is 2.43. The van der Waals surface area contributed by atoms with Crippen molar-refractivity contribution >= 4 is 11.7 Å². The number of nitrogens with zero attached hydrogens (tertiary/aromatic N) is 1.